The Morgan fingerprint density at radius 1 is 1.04 bits per heavy atom. The van der Waals surface area contributed by atoms with Crippen LogP contribution in [0.3, 0.4) is 0 Å². The number of carbonyl (C=O) groups is 2. The number of rotatable bonds is 5. The van der Waals surface area contributed by atoms with Crippen LogP contribution in [0.15, 0.2) is 29.6 Å². The molecular weight excluding hydrogens is 344 g/mol. The highest BCUT2D eigenvalue weighted by atomic mass is 32.1. The van der Waals surface area contributed by atoms with Gasteiger partial charge in [-0.2, -0.15) is 0 Å². The third-order valence-corrected chi connectivity index (χ3v) is 5.83. The van der Waals surface area contributed by atoms with Crippen molar-refractivity contribution in [3.8, 4) is 0 Å². The van der Waals surface area contributed by atoms with Gasteiger partial charge in [0, 0.05) is 36.6 Å². The summed E-state index contributed by atoms with van der Waals surface area (Å²) in [5.74, 6) is 0.363. The topological polar surface area (TPSA) is 40.6 Å². The van der Waals surface area contributed by atoms with Crippen LogP contribution in [-0.2, 0) is 11.2 Å². The van der Waals surface area contributed by atoms with E-state index in [4.69, 9.17) is 0 Å². The molecule has 0 bridgehead atoms. The summed E-state index contributed by atoms with van der Waals surface area (Å²) in [5, 5.41) is 2.00. The first-order chi connectivity index (χ1) is 12.4. The predicted octanol–water partition coefficient (Wildman–Crippen LogP) is 3.24. The monoisotopic (exact) mass is 370 g/mol. The Morgan fingerprint density at radius 3 is 2.27 bits per heavy atom. The first-order valence-electron chi connectivity index (χ1n) is 9.07. The maximum absolute atomic E-state index is 12.8. The zero-order valence-corrected chi connectivity index (χ0v) is 16.6. The van der Waals surface area contributed by atoms with Crippen molar-refractivity contribution >= 4 is 23.0 Å². The van der Waals surface area contributed by atoms with Crippen molar-refractivity contribution < 1.29 is 9.59 Å². The van der Waals surface area contributed by atoms with Crippen LogP contribution in [0.2, 0.25) is 0 Å². The number of Topliss-reactive ketones (excluding diaryl/α,β-unsaturated/α-hetero) is 1. The summed E-state index contributed by atoms with van der Waals surface area (Å²) in [6, 6.07) is 8.12. The van der Waals surface area contributed by atoms with Crippen molar-refractivity contribution in [2.75, 3.05) is 32.7 Å². The molecule has 2 aromatic rings. The van der Waals surface area contributed by atoms with Crippen LogP contribution in [0.25, 0.3) is 0 Å². The molecule has 26 heavy (non-hydrogen) atoms. The molecular formula is C21H26N2O2S. The first-order valence-corrected chi connectivity index (χ1v) is 9.95. The number of amides is 1. The molecule has 1 saturated heterocycles. The summed E-state index contributed by atoms with van der Waals surface area (Å²) < 4.78 is 0. The maximum atomic E-state index is 12.8. The molecule has 1 amide bonds. The number of thiophene rings is 1. The number of aryl methyl sites for hydroxylation is 3. The second-order valence-corrected chi connectivity index (χ2v) is 8.14. The van der Waals surface area contributed by atoms with Crippen LogP contribution in [0, 0.1) is 20.8 Å². The summed E-state index contributed by atoms with van der Waals surface area (Å²) in [6.07, 6.45) is 0.484. The molecule has 138 valence electrons. The highest BCUT2D eigenvalue weighted by Gasteiger charge is 2.24. The largest absolute Gasteiger partial charge is 0.340 e. The van der Waals surface area contributed by atoms with Gasteiger partial charge in [-0.15, -0.1) is 11.3 Å². The third kappa shape index (κ3) is 4.40. The minimum Gasteiger partial charge on any atom is -0.340 e. The van der Waals surface area contributed by atoms with Gasteiger partial charge in [0.2, 0.25) is 5.91 Å². The van der Waals surface area contributed by atoms with E-state index in [0.717, 1.165) is 34.7 Å². The number of piperazine rings is 1. The van der Waals surface area contributed by atoms with Gasteiger partial charge in [-0.1, -0.05) is 23.8 Å². The quantitative estimate of drug-likeness (QED) is 0.759. The van der Waals surface area contributed by atoms with Gasteiger partial charge < -0.3 is 4.90 Å². The fraction of sp³-hybridized carbons (Fsp3) is 0.429. The Labute approximate surface area is 159 Å². The normalized spacial score (nSPS) is 15.3. The zero-order valence-electron chi connectivity index (χ0n) is 15.7. The molecule has 0 unspecified atom stereocenters. The summed E-state index contributed by atoms with van der Waals surface area (Å²) in [6.45, 7) is 9.41. The van der Waals surface area contributed by atoms with Crippen molar-refractivity contribution in [2.45, 2.75) is 27.2 Å². The van der Waals surface area contributed by atoms with Crippen LogP contribution in [0.1, 0.15) is 31.9 Å². The highest BCUT2D eigenvalue weighted by molar-refractivity contribution is 7.10. The molecule has 1 aromatic heterocycles. The van der Waals surface area contributed by atoms with E-state index in [9.17, 15) is 9.59 Å². The minimum absolute atomic E-state index is 0.179. The van der Waals surface area contributed by atoms with E-state index < -0.39 is 0 Å². The van der Waals surface area contributed by atoms with E-state index in [-0.39, 0.29) is 11.7 Å². The number of benzene rings is 1. The summed E-state index contributed by atoms with van der Waals surface area (Å²) in [5.41, 5.74) is 4.15. The van der Waals surface area contributed by atoms with Gasteiger partial charge >= 0.3 is 0 Å². The summed E-state index contributed by atoms with van der Waals surface area (Å²) in [4.78, 5) is 30.3. The second kappa shape index (κ2) is 8.14. The average Bonchev–Trinajstić information content (AvgIpc) is 3.07. The Balaban J connectivity index is 1.54. The fourth-order valence-electron chi connectivity index (χ4n) is 3.73. The van der Waals surface area contributed by atoms with Gasteiger partial charge in [0.1, 0.15) is 0 Å². The Hall–Kier alpha value is -1.98. The Kier molecular flexibility index (Phi) is 5.89. The molecule has 3 rings (SSSR count). The number of ketones is 1. The van der Waals surface area contributed by atoms with Gasteiger partial charge in [0.15, 0.2) is 5.78 Å². The molecule has 0 saturated carbocycles. The van der Waals surface area contributed by atoms with Crippen LogP contribution < -0.4 is 0 Å². The van der Waals surface area contributed by atoms with E-state index in [1.165, 1.54) is 5.56 Å². The van der Waals surface area contributed by atoms with Gasteiger partial charge in [0.25, 0.3) is 0 Å². The highest BCUT2D eigenvalue weighted by Crippen LogP contribution is 2.18. The fourth-order valence-corrected chi connectivity index (χ4v) is 4.43. The van der Waals surface area contributed by atoms with Crippen molar-refractivity contribution in [3.63, 3.8) is 0 Å². The Bertz CT molecular complexity index is 767. The lowest BCUT2D eigenvalue weighted by Gasteiger charge is -2.34. The second-order valence-electron chi connectivity index (χ2n) is 7.11. The molecule has 4 nitrogen and oxygen atoms in total. The van der Waals surface area contributed by atoms with Crippen molar-refractivity contribution in [3.05, 3.63) is 56.8 Å². The lowest BCUT2D eigenvalue weighted by molar-refractivity contribution is -0.132. The Morgan fingerprint density at radius 2 is 1.69 bits per heavy atom. The maximum Gasteiger partial charge on any atom is 0.227 e. The molecule has 1 aliphatic rings. The molecule has 0 radical (unpaired) electrons. The summed E-state index contributed by atoms with van der Waals surface area (Å²) >= 11 is 1.62. The van der Waals surface area contributed by atoms with Gasteiger partial charge in [-0.05, 0) is 43.3 Å². The van der Waals surface area contributed by atoms with E-state index in [0.29, 0.717) is 26.1 Å². The third-order valence-electron chi connectivity index (χ3n) is 4.95. The van der Waals surface area contributed by atoms with E-state index in [1.807, 2.05) is 36.3 Å². The van der Waals surface area contributed by atoms with Crippen molar-refractivity contribution in [1.82, 2.24) is 9.80 Å². The van der Waals surface area contributed by atoms with Gasteiger partial charge in [0.05, 0.1) is 13.0 Å². The van der Waals surface area contributed by atoms with Crippen LogP contribution in [-0.4, -0.2) is 54.2 Å². The van der Waals surface area contributed by atoms with Gasteiger partial charge in [-0.25, -0.2) is 0 Å². The minimum atomic E-state index is 0.179. The standard InChI is InChI=1S/C21H26N2O2S/c1-15-11-16(2)21(17(3)12-15)19(24)14-22-6-8-23(9-7-22)20(25)13-18-5-4-10-26-18/h4-5,10-12H,6-9,13-14H2,1-3H3. The molecule has 5 heteroatoms. The van der Waals surface area contributed by atoms with E-state index >= 15 is 0 Å². The van der Waals surface area contributed by atoms with Crippen LogP contribution in [0.4, 0.5) is 0 Å². The van der Waals surface area contributed by atoms with Crippen LogP contribution >= 0.6 is 11.3 Å². The van der Waals surface area contributed by atoms with E-state index in [2.05, 4.69) is 24.0 Å². The lowest BCUT2D eigenvalue weighted by atomic mass is 9.96. The molecule has 0 spiro atoms. The van der Waals surface area contributed by atoms with Crippen LogP contribution in [0.5, 0.6) is 0 Å². The number of hydrogen-bond acceptors (Lipinski definition) is 4. The number of hydrogen-bond donors (Lipinski definition) is 0. The van der Waals surface area contributed by atoms with Crippen molar-refractivity contribution in [2.24, 2.45) is 0 Å². The number of carbonyl (C=O) groups excluding carboxylic acids is 2. The van der Waals surface area contributed by atoms with Gasteiger partial charge in [-0.3, -0.25) is 14.5 Å². The number of nitrogens with zero attached hydrogens (tertiary/aromatic N) is 2. The van der Waals surface area contributed by atoms with E-state index in [1.54, 1.807) is 11.3 Å². The molecule has 2 heterocycles. The molecule has 0 atom stereocenters. The molecule has 1 fully saturated rings. The average molecular weight is 371 g/mol. The molecule has 0 aliphatic carbocycles. The zero-order chi connectivity index (χ0) is 18.7. The lowest BCUT2D eigenvalue weighted by Crippen LogP contribution is -2.50. The smallest absolute Gasteiger partial charge is 0.227 e. The predicted molar refractivity (Wildman–Crippen MR) is 106 cm³/mol. The molecule has 0 N–H and O–H groups in total. The first kappa shape index (κ1) is 18.8. The molecule has 1 aliphatic heterocycles. The molecule has 1 aromatic carbocycles. The summed E-state index contributed by atoms with van der Waals surface area (Å²) in [7, 11) is 0. The van der Waals surface area contributed by atoms with Crippen molar-refractivity contribution in [1.29, 1.82) is 0 Å². The SMILES string of the molecule is Cc1cc(C)c(C(=O)CN2CCN(C(=O)Cc3cccs3)CC2)c(C)c1.